The van der Waals surface area contributed by atoms with Crippen LogP contribution in [0.4, 0.5) is 18.9 Å². The SMILES string of the molecule is N/N=C(\N(N)c1cc(C=O)c2occc2c1)C(F)(F)F. The quantitative estimate of drug-likeness (QED) is 0.288. The molecular formula is C11H9F3N4O2. The number of halogens is 3. The van der Waals surface area contributed by atoms with Crippen molar-refractivity contribution in [1.29, 1.82) is 0 Å². The fourth-order valence-electron chi connectivity index (χ4n) is 1.71. The van der Waals surface area contributed by atoms with Gasteiger partial charge < -0.3 is 10.3 Å². The Labute approximate surface area is 110 Å². The third kappa shape index (κ3) is 2.30. The van der Waals surface area contributed by atoms with Crippen molar-refractivity contribution in [3.05, 3.63) is 30.0 Å². The normalized spacial score (nSPS) is 12.7. The maximum absolute atomic E-state index is 12.7. The molecule has 0 amide bonds. The van der Waals surface area contributed by atoms with Gasteiger partial charge >= 0.3 is 6.18 Å². The summed E-state index contributed by atoms with van der Waals surface area (Å²) in [6.07, 6.45) is -3.06. The van der Waals surface area contributed by atoms with Gasteiger partial charge in [0.1, 0.15) is 5.58 Å². The zero-order valence-corrected chi connectivity index (χ0v) is 9.89. The van der Waals surface area contributed by atoms with Crippen LogP contribution in [0.5, 0.6) is 0 Å². The molecule has 9 heteroatoms. The van der Waals surface area contributed by atoms with Crippen LogP contribution in [0.1, 0.15) is 10.4 Å². The van der Waals surface area contributed by atoms with Gasteiger partial charge in [0.05, 0.1) is 17.5 Å². The van der Waals surface area contributed by atoms with Gasteiger partial charge in [0.15, 0.2) is 6.29 Å². The maximum atomic E-state index is 12.7. The summed E-state index contributed by atoms with van der Waals surface area (Å²) in [7, 11) is 0. The molecule has 4 N–H and O–H groups in total. The number of amidine groups is 1. The van der Waals surface area contributed by atoms with E-state index in [0.29, 0.717) is 11.7 Å². The number of hydrazine groups is 1. The lowest BCUT2D eigenvalue weighted by atomic mass is 10.1. The molecule has 2 aromatic rings. The molecule has 106 valence electrons. The van der Waals surface area contributed by atoms with Crippen molar-refractivity contribution in [2.45, 2.75) is 6.18 Å². The van der Waals surface area contributed by atoms with Crippen molar-refractivity contribution in [2.24, 2.45) is 16.8 Å². The molecule has 0 aliphatic rings. The predicted octanol–water partition coefficient (Wildman–Crippen LogP) is 1.76. The number of alkyl halides is 3. The highest BCUT2D eigenvalue weighted by molar-refractivity contribution is 6.04. The monoisotopic (exact) mass is 286 g/mol. The number of furan rings is 1. The third-order valence-electron chi connectivity index (χ3n) is 2.57. The van der Waals surface area contributed by atoms with E-state index in [1.54, 1.807) is 0 Å². The average Bonchev–Trinajstić information content (AvgIpc) is 2.84. The Morgan fingerprint density at radius 3 is 2.65 bits per heavy atom. The molecular weight excluding hydrogens is 277 g/mol. The Morgan fingerprint density at radius 2 is 2.10 bits per heavy atom. The highest BCUT2D eigenvalue weighted by Crippen LogP contribution is 2.28. The predicted molar refractivity (Wildman–Crippen MR) is 65.9 cm³/mol. The number of aldehydes is 1. The zero-order valence-electron chi connectivity index (χ0n) is 9.89. The van der Waals surface area contributed by atoms with E-state index in [0.717, 1.165) is 6.07 Å². The van der Waals surface area contributed by atoms with Gasteiger partial charge in [-0.3, -0.25) is 9.80 Å². The van der Waals surface area contributed by atoms with Gasteiger partial charge in [0.2, 0.25) is 5.84 Å². The van der Waals surface area contributed by atoms with Crippen molar-refractivity contribution < 1.29 is 22.4 Å². The number of hydrazone groups is 1. The van der Waals surface area contributed by atoms with E-state index in [4.69, 9.17) is 16.1 Å². The second kappa shape index (κ2) is 4.85. The van der Waals surface area contributed by atoms with Crippen molar-refractivity contribution in [3.8, 4) is 0 Å². The lowest BCUT2D eigenvalue weighted by Crippen LogP contribution is -2.46. The number of carbonyl (C=O) groups excluding carboxylic acids is 1. The molecule has 6 nitrogen and oxygen atoms in total. The van der Waals surface area contributed by atoms with Crippen LogP contribution < -0.4 is 16.7 Å². The minimum atomic E-state index is -4.82. The number of fused-ring (bicyclic) bond motifs is 1. The standard InChI is InChI=1S/C11H9F3N4O2/c12-11(13,14)10(17-15)18(16)8-3-6-1-2-20-9(6)7(4-8)5-19/h1-5H,15-16H2/b17-10-. The van der Waals surface area contributed by atoms with Crippen LogP contribution in [-0.4, -0.2) is 18.3 Å². The van der Waals surface area contributed by atoms with Gasteiger partial charge in [-0.05, 0) is 18.2 Å². The molecule has 1 heterocycles. The summed E-state index contributed by atoms with van der Waals surface area (Å²) in [6.45, 7) is 0. The van der Waals surface area contributed by atoms with Crippen LogP contribution in [0.3, 0.4) is 0 Å². The Bertz CT molecular complexity index is 678. The summed E-state index contributed by atoms with van der Waals surface area (Å²) >= 11 is 0. The Balaban J connectivity index is 2.55. The molecule has 0 saturated carbocycles. The second-order valence-electron chi connectivity index (χ2n) is 3.81. The number of nitrogens with two attached hydrogens (primary N) is 2. The van der Waals surface area contributed by atoms with Gasteiger partial charge in [0.25, 0.3) is 0 Å². The Kier molecular flexibility index (Phi) is 3.36. The van der Waals surface area contributed by atoms with Crippen molar-refractivity contribution >= 4 is 28.8 Å². The molecule has 0 unspecified atom stereocenters. The van der Waals surface area contributed by atoms with Crippen LogP contribution in [0.15, 0.2) is 34.0 Å². The summed E-state index contributed by atoms with van der Waals surface area (Å²) in [5.41, 5.74) is 0.231. The fourth-order valence-corrected chi connectivity index (χ4v) is 1.71. The topological polar surface area (TPSA) is 97.9 Å². The number of benzene rings is 1. The summed E-state index contributed by atoms with van der Waals surface area (Å²) in [6, 6.07) is 3.96. The third-order valence-corrected chi connectivity index (χ3v) is 2.57. The molecule has 1 aromatic carbocycles. The second-order valence-corrected chi connectivity index (χ2v) is 3.81. The number of carbonyl (C=O) groups is 1. The average molecular weight is 286 g/mol. The van der Waals surface area contributed by atoms with Crippen LogP contribution in [0.2, 0.25) is 0 Å². The van der Waals surface area contributed by atoms with Crippen molar-refractivity contribution in [1.82, 2.24) is 0 Å². The van der Waals surface area contributed by atoms with E-state index in [9.17, 15) is 18.0 Å². The molecule has 0 atom stereocenters. The smallest absolute Gasteiger partial charge is 0.452 e. The molecule has 0 aliphatic carbocycles. The van der Waals surface area contributed by atoms with E-state index in [1.165, 1.54) is 18.4 Å². The number of hydrogen-bond acceptors (Lipinski definition) is 5. The first-order chi connectivity index (χ1) is 9.38. The summed E-state index contributed by atoms with van der Waals surface area (Å²) < 4.78 is 43.1. The van der Waals surface area contributed by atoms with Crippen molar-refractivity contribution in [2.75, 3.05) is 5.01 Å². The van der Waals surface area contributed by atoms with Gasteiger partial charge in [0, 0.05) is 5.39 Å². The van der Waals surface area contributed by atoms with Crippen LogP contribution >= 0.6 is 0 Å². The van der Waals surface area contributed by atoms with Crippen LogP contribution in [0.25, 0.3) is 11.0 Å². The maximum Gasteiger partial charge on any atom is 0.452 e. The number of anilines is 1. The molecule has 0 aliphatic heterocycles. The van der Waals surface area contributed by atoms with E-state index < -0.39 is 12.0 Å². The zero-order chi connectivity index (χ0) is 14.9. The summed E-state index contributed by atoms with van der Waals surface area (Å²) in [5.74, 6) is 8.61. The van der Waals surface area contributed by atoms with E-state index in [1.807, 2.05) is 0 Å². The van der Waals surface area contributed by atoms with Crippen molar-refractivity contribution in [3.63, 3.8) is 0 Å². The first-order valence-electron chi connectivity index (χ1n) is 5.25. The van der Waals surface area contributed by atoms with Gasteiger partial charge in [-0.25, -0.2) is 5.84 Å². The molecule has 0 fully saturated rings. The summed E-state index contributed by atoms with van der Waals surface area (Å²) in [4.78, 5) is 10.9. The van der Waals surface area contributed by atoms with Crippen LogP contribution in [0, 0.1) is 0 Å². The highest BCUT2D eigenvalue weighted by atomic mass is 19.4. The minimum absolute atomic E-state index is 0.0662. The molecule has 0 saturated heterocycles. The largest absolute Gasteiger partial charge is 0.464 e. The molecule has 20 heavy (non-hydrogen) atoms. The molecule has 1 aromatic heterocycles. The minimum Gasteiger partial charge on any atom is -0.464 e. The highest BCUT2D eigenvalue weighted by Gasteiger charge is 2.40. The Hall–Kier alpha value is -2.55. The Morgan fingerprint density at radius 1 is 1.40 bits per heavy atom. The first-order valence-corrected chi connectivity index (χ1v) is 5.25. The molecule has 0 radical (unpaired) electrons. The molecule has 2 rings (SSSR count). The number of hydrogen-bond donors (Lipinski definition) is 2. The fraction of sp³-hybridized carbons (Fsp3) is 0.0909. The lowest BCUT2D eigenvalue weighted by Gasteiger charge is -2.21. The summed E-state index contributed by atoms with van der Waals surface area (Å²) in [5, 5.41) is 3.33. The van der Waals surface area contributed by atoms with E-state index in [-0.39, 0.29) is 21.8 Å². The number of nitrogens with zero attached hydrogens (tertiary/aromatic N) is 2. The molecule has 0 bridgehead atoms. The number of rotatable bonds is 2. The van der Waals surface area contributed by atoms with E-state index >= 15 is 0 Å². The van der Waals surface area contributed by atoms with Gasteiger partial charge in [-0.2, -0.15) is 18.3 Å². The first kappa shape index (κ1) is 13.9. The van der Waals surface area contributed by atoms with Gasteiger partial charge in [-0.15, -0.1) is 0 Å². The van der Waals surface area contributed by atoms with Gasteiger partial charge in [-0.1, -0.05) is 0 Å². The van der Waals surface area contributed by atoms with Crippen LogP contribution in [-0.2, 0) is 0 Å². The molecule has 0 spiro atoms. The van der Waals surface area contributed by atoms with E-state index in [2.05, 4.69) is 5.10 Å². The lowest BCUT2D eigenvalue weighted by molar-refractivity contribution is -0.0604.